The van der Waals surface area contributed by atoms with Crippen LogP contribution in [0.2, 0.25) is 0 Å². The Kier molecular flexibility index (Phi) is 3.89. The van der Waals surface area contributed by atoms with Crippen molar-refractivity contribution in [3.8, 4) is 0 Å². The second-order valence-corrected chi connectivity index (χ2v) is 5.63. The van der Waals surface area contributed by atoms with Crippen LogP contribution in [0.25, 0.3) is 0 Å². The number of nitrogens with one attached hydrogen (secondary N) is 2. The van der Waals surface area contributed by atoms with E-state index < -0.39 is 0 Å². The van der Waals surface area contributed by atoms with Crippen molar-refractivity contribution in [3.05, 3.63) is 29.8 Å². The maximum Gasteiger partial charge on any atom is 0.321 e. The average Bonchev–Trinajstić information content (AvgIpc) is 2.40. The quantitative estimate of drug-likeness (QED) is 0.849. The van der Waals surface area contributed by atoms with Crippen LogP contribution in [0.5, 0.6) is 0 Å². The second kappa shape index (κ2) is 5.81. The third kappa shape index (κ3) is 2.94. The van der Waals surface area contributed by atoms with Crippen molar-refractivity contribution in [3.63, 3.8) is 0 Å². The molecule has 1 aromatic carbocycles. The van der Waals surface area contributed by atoms with Gasteiger partial charge in [-0.3, -0.25) is 4.90 Å². The summed E-state index contributed by atoms with van der Waals surface area (Å²) in [6, 6.07) is 8.61. The summed E-state index contributed by atoms with van der Waals surface area (Å²) in [6.45, 7) is 7.81. The van der Waals surface area contributed by atoms with E-state index in [1.165, 1.54) is 5.56 Å². The summed E-state index contributed by atoms with van der Waals surface area (Å²) < 4.78 is 0. The molecule has 2 fully saturated rings. The molecule has 0 aliphatic carbocycles. The number of amides is 2. The smallest absolute Gasteiger partial charge is 0.321 e. The molecule has 2 saturated heterocycles. The molecular formula is C15H22N4O. The lowest BCUT2D eigenvalue weighted by atomic mass is 10.1. The van der Waals surface area contributed by atoms with Gasteiger partial charge in [-0.1, -0.05) is 17.7 Å². The molecule has 0 aromatic heterocycles. The minimum absolute atomic E-state index is 0.0141. The first-order chi connectivity index (χ1) is 9.72. The summed E-state index contributed by atoms with van der Waals surface area (Å²) in [5.41, 5.74) is 2.07. The molecule has 0 atom stereocenters. The van der Waals surface area contributed by atoms with Crippen LogP contribution in [0.1, 0.15) is 5.56 Å². The Balaban J connectivity index is 1.49. The molecule has 0 spiro atoms. The van der Waals surface area contributed by atoms with E-state index in [2.05, 4.69) is 15.5 Å². The molecule has 3 rings (SSSR count). The zero-order chi connectivity index (χ0) is 13.9. The highest BCUT2D eigenvalue weighted by molar-refractivity contribution is 5.89. The van der Waals surface area contributed by atoms with Crippen LogP contribution in [0.4, 0.5) is 10.5 Å². The van der Waals surface area contributed by atoms with Gasteiger partial charge in [0.25, 0.3) is 0 Å². The van der Waals surface area contributed by atoms with Crippen molar-refractivity contribution in [1.29, 1.82) is 0 Å². The Labute approximate surface area is 119 Å². The van der Waals surface area contributed by atoms with E-state index in [0.29, 0.717) is 6.04 Å². The standard InChI is InChI=1S/C15H22N4O/c1-12-2-4-13(5-3-12)17-15(20)19-8-6-18(7-9-19)14-10-16-11-14/h2-5,14,16H,6-11H2,1H3,(H,17,20). The zero-order valence-electron chi connectivity index (χ0n) is 11.9. The van der Waals surface area contributed by atoms with Gasteiger partial charge in [-0.15, -0.1) is 0 Å². The van der Waals surface area contributed by atoms with E-state index in [9.17, 15) is 4.79 Å². The van der Waals surface area contributed by atoms with Crippen molar-refractivity contribution >= 4 is 11.7 Å². The van der Waals surface area contributed by atoms with Crippen LogP contribution in [0.15, 0.2) is 24.3 Å². The molecule has 5 heteroatoms. The summed E-state index contributed by atoms with van der Waals surface area (Å²) in [4.78, 5) is 16.6. The SMILES string of the molecule is Cc1ccc(NC(=O)N2CCN(C3CNC3)CC2)cc1. The van der Waals surface area contributed by atoms with Crippen molar-refractivity contribution < 1.29 is 4.79 Å². The predicted octanol–water partition coefficient (Wildman–Crippen LogP) is 1.12. The van der Waals surface area contributed by atoms with E-state index in [0.717, 1.165) is 45.0 Å². The van der Waals surface area contributed by atoms with E-state index in [4.69, 9.17) is 0 Å². The minimum atomic E-state index is 0.0141. The van der Waals surface area contributed by atoms with E-state index >= 15 is 0 Å². The van der Waals surface area contributed by atoms with E-state index in [1.807, 2.05) is 36.1 Å². The molecule has 2 N–H and O–H groups in total. The lowest BCUT2D eigenvalue weighted by Gasteiger charge is -2.43. The number of hydrogen-bond acceptors (Lipinski definition) is 3. The molecule has 2 aliphatic heterocycles. The van der Waals surface area contributed by atoms with Crippen LogP contribution >= 0.6 is 0 Å². The molecule has 20 heavy (non-hydrogen) atoms. The molecule has 0 saturated carbocycles. The number of aryl methyl sites for hydroxylation is 1. The molecule has 0 unspecified atom stereocenters. The summed E-state index contributed by atoms with van der Waals surface area (Å²) in [7, 11) is 0. The lowest BCUT2D eigenvalue weighted by molar-refractivity contribution is 0.0878. The van der Waals surface area contributed by atoms with Gasteiger partial charge in [-0.2, -0.15) is 0 Å². The maximum absolute atomic E-state index is 12.2. The first-order valence-corrected chi connectivity index (χ1v) is 7.30. The molecule has 1 aromatic rings. The Bertz CT molecular complexity index is 461. The third-order valence-corrected chi connectivity index (χ3v) is 4.18. The van der Waals surface area contributed by atoms with Gasteiger partial charge in [0.05, 0.1) is 0 Å². The number of benzene rings is 1. The Morgan fingerprint density at radius 1 is 1.15 bits per heavy atom. The summed E-state index contributed by atoms with van der Waals surface area (Å²) in [6.07, 6.45) is 0. The normalized spacial score (nSPS) is 20.6. The number of rotatable bonds is 2. The molecule has 2 aliphatic rings. The van der Waals surface area contributed by atoms with Gasteiger partial charge in [0.15, 0.2) is 0 Å². The maximum atomic E-state index is 12.2. The number of urea groups is 1. The van der Waals surface area contributed by atoms with Gasteiger partial charge in [-0.25, -0.2) is 4.79 Å². The summed E-state index contributed by atoms with van der Waals surface area (Å²) in [5, 5.41) is 6.26. The predicted molar refractivity (Wildman–Crippen MR) is 80.0 cm³/mol. The molecule has 0 bridgehead atoms. The second-order valence-electron chi connectivity index (χ2n) is 5.63. The van der Waals surface area contributed by atoms with Crippen molar-refractivity contribution in [2.75, 3.05) is 44.6 Å². The van der Waals surface area contributed by atoms with E-state index in [-0.39, 0.29) is 6.03 Å². The Hall–Kier alpha value is -1.59. The number of nitrogens with zero attached hydrogens (tertiary/aromatic N) is 2. The first kappa shape index (κ1) is 13.4. The fourth-order valence-corrected chi connectivity index (χ4v) is 2.66. The fraction of sp³-hybridized carbons (Fsp3) is 0.533. The van der Waals surface area contributed by atoms with Crippen LogP contribution in [0.3, 0.4) is 0 Å². The highest BCUT2D eigenvalue weighted by Gasteiger charge is 2.29. The number of piperazine rings is 1. The van der Waals surface area contributed by atoms with Gasteiger partial charge in [0, 0.05) is 51.0 Å². The summed E-state index contributed by atoms with van der Waals surface area (Å²) >= 11 is 0. The Morgan fingerprint density at radius 3 is 2.35 bits per heavy atom. The van der Waals surface area contributed by atoms with Gasteiger partial charge < -0.3 is 15.5 Å². The molecule has 0 radical (unpaired) electrons. The van der Waals surface area contributed by atoms with Gasteiger partial charge >= 0.3 is 6.03 Å². The highest BCUT2D eigenvalue weighted by Crippen LogP contribution is 2.13. The first-order valence-electron chi connectivity index (χ1n) is 7.30. The van der Waals surface area contributed by atoms with Gasteiger partial charge in [-0.05, 0) is 19.1 Å². The van der Waals surface area contributed by atoms with Crippen LogP contribution in [-0.2, 0) is 0 Å². The minimum Gasteiger partial charge on any atom is -0.322 e. The molecule has 2 heterocycles. The van der Waals surface area contributed by atoms with Crippen LogP contribution < -0.4 is 10.6 Å². The average molecular weight is 274 g/mol. The molecule has 2 amide bonds. The largest absolute Gasteiger partial charge is 0.322 e. The van der Waals surface area contributed by atoms with Crippen molar-refractivity contribution in [1.82, 2.24) is 15.1 Å². The molecular weight excluding hydrogens is 252 g/mol. The Morgan fingerprint density at radius 2 is 1.80 bits per heavy atom. The highest BCUT2D eigenvalue weighted by atomic mass is 16.2. The van der Waals surface area contributed by atoms with E-state index in [1.54, 1.807) is 0 Å². The summed E-state index contributed by atoms with van der Waals surface area (Å²) in [5.74, 6) is 0. The topological polar surface area (TPSA) is 47.6 Å². The van der Waals surface area contributed by atoms with Gasteiger partial charge in [0.2, 0.25) is 0 Å². The zero-order valence-corrected chi connectivity index (χ0v) is 11.9. The number of carbonyl (C=O) groups excluding carboxylic acids is 1. The molecule has 108 valence electrons. The number of anilines is 1. The molecule has 5 nitrogen and oxygen atoms in total. The van der Waals surface area contributed by atoms with Crippen molar-refractivity contribution in [2.45, 2.75) is 13.0 Å². The number of carbonyl (C=O) groups is 1. The lowest BCUT2D eigenvalue weighted by Crippen LogP contribution is -2.62. The van der Waals surface area contributed by atoms with Crippen LogP contribution in [0, 0.1) is 6.92 Å². The monoisotopic (exact) mass is 274 g/mol. The van der Waals surface area contributed by atoms with Gasteiger partial charge in [0.1, 0.15) is 0 Å². The number of hydrogen-bond donors (Lipinski definition) is 2. The van der Waals surface area contributed by atoms with Crippen molar-refractivity contribution in [2.24, 2.45) is 0 Å². The fourth-order valence-electron chi connectivity index (χ4n) is 2.66. The van der Waals surface area contributed by atoms with Crippen LogP contribution in [-0.4, -0.2) is 61.1 Å². The third-order valence-electron chi connectivity index (χ3n) is 4.18.